The summed E-state index contributed by atoms with van der Waals surface area (Å²) >= 11 is 0. The molecule has 1 atom stereocenters. The molecule has 0 aliphatic carbocycles. The molecule has 1 unspecified atom stereocenters. The predicted octanol–water partition coefficient (Wildman–Crippen LogP) is -0.561. The summed E-state index contributed by atoms with van der Waals surface area (Å²) in [6.45, 7) is 0.136. The van der Waals surface area contributed by atoms with Crippen LogP contribution in [0.1, 0.15) is 0 Å². The molecule has 6 nitrogen and oxygen atoms in total. The third-order valence-electron chi connectivity index (χ3n) is 1.67. The summed E-state index contributed by atoms with van der Waals surface area (Å²) in [6.07, 6.45) is 3.30. The molecular weight excluding hydrogens is 148 g/mol. The van der Waals surface area contributed by atoms with E-state index in [0.717, 1.165) is 0 Å². The van der Waals surface area contributed by atoms with Crippen molar-refractivity contribution in [3.8, 4) is 0 Å². The van der Waals surface area contributed by atoms with Crippen molar-refractivity contribution in [2.45, 2.75) is 0 Å². The smallest absolute Gasteiger partial charge is 0.376 e. The first-order valence-corrected chi connectivity index (χ1v) is 3.24. The van der Waals surface area contributed by atoms with E-state index in [9.17, 15) is 10.1 Å². The summed E-state index contributed by atoms with van der Waals surface area (Å²) in [7, 11) is 0. The first kappa shape index (κ1) is 6.44. The van der Waals surface area contributed by atoms with Crippen molar-refractivity contribution in [2.24, 2.45) is 5.10 Å². The Bertz CT molecular complexity index is 272. The largest absolute Gasteiger partial charge is 0.620 e. The molecule has 0 aromatic heterocycles. The number of hydrazone groups is 1. The van der Waals surface area contributed by atoms with Crippen molar-refractivity contribution in [3.63, 3.8) is 0 Å². The highest BCUT2D eigenvalue weighted by Crippen LogP contribution is 2.14. The molecule has 11 heavy (non-hydrogen) atoms. The molecular formula is C5H7N4O2+. The number of fused-ring (bicyclic) bond motifs is 1. The fraction of sp³-hybridized carbons (Fsp3) is 0.400. The molecule has 0 fully saturated rings. The summed E-state index contributed by atoms with van der Waals surface area (Å²) < 4.78 is -0.681. The van der Waals surface area contributed by atoms with Crippen molar-refractivity contribution in [1.29, 1.82) is 0 Å². The maximum atomic E-state index is 11.5. The third kappa shape index (κ3) is 0.837. The molecule has 0 aromatic rings. The summed E-state index contributed by atoms with van der Waals surface area (Å²) in [6, 6.07) is 0. The van der Waals surface area contributed by atoms with Crippen LogP contribution < -0.4 is 5.32 Å². The van der Waals surface area contributed by atoms with Gasteiger partial charge in [0, 0.05) is 6.20 Å². The van der Waals surface area contributed by atoms with Gasteiger partial charge in [0.1, 0.15) is 11.6 Å². The maximum absolute atomic E-state index is 11.5. The standard InChI is InChI=1S/C5H7N4O2/c10-8-4-9(11)3-1-2-6-5(9)7-8/h1-2H,3-4H2,(H,6,7,10)/q+1. The van der Waals surface area contributed by atoms with Crippen LogP contribution in [-0.4, -0.2) is 28.7 Å². The van der Waals surface area contributed by atoms with Crippen LogP contribution in [0, 0.1) is 10.1 Å². The van der Waals surface area contributed by atoms with Gasteiger partial charge in [-0.25, -0.2) is 4.65 Å². The maximum Gasteiger partial charge on any atom is 0.376 e. The zero-order valence-corrected chi connectivity index (χ0v) is 5.73. The zero-order chi connectivity index (χ0) is 7.90. The lowest BCUT2D eigenvalue weighted by Crippen LogP contribution is -2.53. The van der Waals surface area contributed by atoms with Crippen LogP contribution >= 0.6 is 0 Å². The Morgan fingerprint density at radius 1 is 1.82 bits per heavy atom. The minimum Gasteiger partial charge on any atom is -0.620 e. The second-order valence-corrected chi connectivity index (χ2v) is 2.54. The van der Waals surface area contributed by atoms with E-state index < -0.39 is 4.65 Å². The van der Waals surface area contributed by atoms with Crippen LogP contribution in [0.25, 0.3) is 0 Å². The van der Waals surface area contributed by atoms with E-state index in [1.165, 1.54) is 0 Å². The van der Waals surface area contributed by atoms with Crippen LogP contribution in [-0.2, 0) is 0 Å². The van der Waals surface area contributed by atoms with Gasteiger partial charge in [-0.2, -0.15) is 0 Å². The molecule has 0 saturated carbocycles. The van der Waals surface area contributed by atoms with E-state index in [1.807, 2.05) is 0 Å². The van der Waals surface area contributed by atoms with Gasteiger partial charge in [0.05, 0.1) is 4.91 Å². The molecule has 0 bridgehead atoms. The Morgan fingerprint density at radius 3 is 3.36 bits per heavy atom. The van der Waals surface area contributed by atoms with Gasteiger partial charge in [-0.1, -0.05) is 0 Å². The lowest BCUT2D eigenvalue weighted by molar-refractivity contribution is -0.867. The normalized spacial score (nSPS) is 34.6. The zero-order valence-electron chi connectivity index (χ0n) is 5.73. The average molecular weight is 155 g/mol. The SMILES string of the molecule is O=[N+]1C[N+]2([O-])CC=CNC2=N1. The number of nitroso groups, excluding NO2 is 1. The highest BCUT2D eigenvalue weighted by atomic mass is 16.6. The molecule has 0 spiro atoms. The summed E-state index contributed by atoms with van der Waals surface area (Å²) in [4.78, 5) is 11.1. The quantitative estimate of drug-likeness (QED) is 0.289. The van der Waals surface area contributed by atoms with E-state index in [2.05, 4.69) is 10.4 Å². The van der Waals surface area contributed by atoms with Crippen LogP contribution in [0.5, 0.6) is 0 Å². The number of nitrogens with one attached hydrogen (secondary N) is 1. The molecule has 1 N–H and O–H groups in total. The molecule has 2 heterocycles. The van der Waals surface area contributed by atoms with Gasteiger partial charge in [-0.05, 0) is 6.08 Å². The molecule has 6 heteroatoms. The van der Waals surface area contributed by atoms with Crippen LogP contribution in [0.3, 0.4) is 0 Å². The Kier molecular flexibility index (Phi) is 1.09. The van der Waals surface area contributed by atoms with Gasteiger partial charge in [0.25, 0.3) is 0 Å². The van der Waals surface area contributed by atoms with Gasteiger partial charge in [0.2, 0.25) is 4.87 Å². The van der Waals surface area contributed by atoms with Crippen LogP contribution in [0.4, 0.5) is 0 Å². The average Bonchev–Trinajstić information content (AvgIpc) is 2.22. The number of quaternary nitrogens is 1. The highest BCUT2D eigenvalue weighted by Gasteiger charge is 2.42. The number of rotatable bonds is 0. The van der Waals surface area contributed by atoms with Crippen LogP contribution in [0.15, 0.2) is 17.4 Å². The van der Waals surface area contributed by atoms with Crippen molar-refractivity contribution < 1.29 is 9.52 Å². The van der Waals surface area contributed by atoms with Crippen LogP contribution in [0.2, 0.25) is 0 Å². The van der Waals surface area contributed by atoms with Gasteiger partial charge in [-0.15, -0.1) is 0 Å². The van der Waals surface area contributed by atoms with E-state index in [-0.39, 0.29) is 19.2 Å². The molecule has 0 amide bonds. The Hall–Kier alpha value is -1.27. The van der Waals surface area contributed by atoms with Crippen molar-refractivity contribution in [1.82, 2.24) is 5.32 Å². The minimum atomic E-state index is -0.681. The van der Waals surface area contributed by atoms with Gasteiger partial charge >= 0.3 is 12.6 Å². The molecule has 0 aromatic carbocycles. The fourth-order valence-corrected chi connectivity index (χ4v) is 1.13. The topological polar surface area (TPSA) is 67.5 Å². The minimum absolute atomic E-state index is 0.146. The molecule has 2 rings (SSSR count). The van der Waals surface area contributed by atoms with Crippen molar-refractivity contribution >= 4 is 5.96 Å². The monoisotopic (exact) mass is 155 g/mol. The van der Waals surface area contributed by atoms with E-state index in [1.54, 1.807) is 12.3 Å². The second kappa shape index (κ2) is 1.86. The van der Waals surface area contributed by atoms with E-state index in [0.29, 0.717) is 4.87 Å². The summed E-state index contributed by atoms with van der Waals surface area (Å²) in [5.74, 6) is 0.183. The van der Waals surface area contributed by atoms with E-state index >= 15 is 0 Å². The number of hydrogen-bond donors (Lipinski definition) is 1. The Labute approximate surface area is 62.5 Å². The summed E-state index contributed by atoms with van der Waals surface area (Å²) in [5.41, 5.74) is 0. The molecule has 2 aliphatic rings. The first-order chi connectivity index (χ1) is 5.21. The van der Waals surface area contributed by atoms with Gasteiger partial charge < -0.3 is 5.21 Å². The Balaban J connectivity index is 2.37. The van der Waals surface area contributed by atoms with Crippen molar-refractivity contribution in [2.75, 3.05) is 13.2 Å². The first-order valence-electron chi connectivity index (χ1n) is 3.24. The lowest BCUT2D eigenvalue weighted by Gasteiger charge is -2.32. The van der Waals surface area contributed by atoms with Crippen molar-refractivity contribution in [3.05, 3.63) is 22.4 Å². The predicted molar refractivity (Wildman–Crippen MR) is 36.7 cm³/mol. The van der Waals surface area contributed by atoms with Gasteiger partial charge in [-0.3, -0.25) is 5.32 Å². The summed E-state index contributed by atoms with van der Waals surface area (Å²) in [5, 5.41) is 17.7. The number of nitrogens with zero attached hydrogens (tertiary/aromatic N) is 3. The third-order valence-corrected chi connectivity index (χ3v) is 1.67. The fourth-order valence-electron chi connectivity index (χ4n) is 1.13. The number of hydroxylamine groups is 3. The van der Waals surface area contributed by atoms with Gasteiger partial charge in [0.15, 0.2) is 0 Å². The molecule has 0 saturated heterocycles. The number of hydrogen-bond acceptors (Lipinski definition) is 3. The molecule has 0 radical (unpaired) electrons. The number of guanidine groups is 1. The highest BCUT2D eigenvalue weighted by molar-refractivity contribution is 5.75. The molecule has 2 aliphatic heterocycles. The molecule has 58 valence electrons. The Morgan fingerprint density at radius 2 is 2.64 bits per heavy atom. The van der Waals surface area contributed by atoms with E-state index in [4.69, 9.17) is 0 Å². The second-order valence-electron chi connectivity index (χ2n) is 2.54. The lowest BCUT2D eigenvalue weighted by atomic mass is 10.4.